The second kappa shape index (κ2) is 4.97. The van der Waals surface area contributed by atoms with E-state index in [-0.39, 0.29) is 17.4 Å². The normalized spacial score (nSPS) is 18.9. The first-order valence-electron chi connectivity index (χ1n) is 5.89. The molecule has 1 aliphatic rings. The molecule has 1 fully saturated rings. The standard InChI is InChI=1S/C11H16N2O3S2/c1-3-9-10(17-8(2)12-9)11(14)13-4-6-18(15,16)7-5-13/h3-7H2,1-2H3. The zero-order valence-corrected chi connectivity index (χ0v) is 12.1. The summed E-state index contributed by atoms with van der Waals surface area (Å²) in [4.78, 5) is 18.9. The Hall–Kier alpha value is -0.950. The maximum atomic E-state index is 12.3. The molecular formula is C11H16N2O3S2. The van der Waals surface area contributed by atoms with Crippen LogP contribution in [0.4, 0.5) is 0 Å². The summed E-state index contributed by atoms with van der Waals surface area (Å²) in [5, 5.41) is 0.875. The highest BCUT2D eigenvalue weighted by molar-refractivity contribution is 7.91. The zero-order chi connectivity index (χ0) is 13.3. The average Bonchev–Trinajstić information content (AvgIpc) is 2.69. The Morgan fingerprint density at radius 3 is 2.56 bits per heavy atom. The van der Waals surface area contributed by atoms with Crippen LogP contribution in [0.2, 0.25) is 0 Å². The molecule has 1 amide bonds. The molecule has 18 heavy (non-hydrogen) atoms. The quantitative estimate of drug-likeness (QED) is 0.810. The molecule has 5 nitrogen and oxygen atoms in total. The molecule has 0 unspecified atom stereocenters. The molecule has 1 aromatic rings. The first-order valence-corrected chi connectivity index (χ1v) is 8.52. The Morgan fingerprint density at radius 1 is 1.39 bits per heavy atom. The van der Waals surface area contributed by atoms with Crippen molar-refractivity contribution in [3.63, 3.8) is 0 Å². The van der Waals surface area contributed by atoms with E-state index in [1.807, 2.05) is 13.8 Å². The van der Waals surface area contributed by atoms with Crippen LogP contribution in [0.3, 0.4) is 0 Å². The lowest BCUT2D eigenvalue weighted by atomic mass is 10.2. The summed E-state index contributed by atoms with van der Waals surface area (Å²) in [6, 6.07) is 0. The predicted molar refractivity (Wildman–Crippen MR) is 70.8 cm³/mol. The monoisotopic (exact) mass is 288 g/mol. The lowest BCUT2D eigenvalue weighted by Crippen LogP contribution is -2.43. The molecule has 0 aliphatic carbocycles. The van der Waals surface area contributed by atoms with Gasteiger partial charge in [-0.05, 0) is 13.3 Å². The van der Waals surface area contributed by atoms with E-state index in [0.29, 0.717) is 18.0 Å². The number of aromatic nitrogens is 1. The minimum Gasteiger partial charge on any atom is -0.336 e. The maximum Gasteiger partial charge on any atom is 0.265 e. The number of hydrogen-bond donors (Lipinski definition) is 0. The molecule has 0 bridgehead atoms. The van der Waals surface area contributed by atoms with Crippen molar-refractivity contribution < 1.29 is 13.2 Å². The predicted octanol–water partition coefficient (Wildman–Crippen LogP) is 0.885. The number of carbonyl (C=O) groups excluding carboxylic acids is 1. The van der Waals surface area contributed by atoms with Crippen LogP contribution >= 0.6 is 11.3 Å². The molecule has 0 radical (unpaired) electrons. The van der Waals surface area contributed by atoms with Crippen LogP contribution in [-0.2, 0) is 16.3 Å². The fourth-order valence-corrected chi connectivity index (χ4v) is 4.11. The van der Waals surface area contributed by atoms with Crippen molar-refractivity contribution in [2.75, 3.05) is 24.6 Å². The summed E-state index contributed by atoms with van der Waals surface area (Å²) in [6.45, 7) is 4.43. The van der Waals surface area contributed by atoms with Crippen molar-refractivity contribution in [2.45, 2.75) is 20.3 Å². The number of carbonyl (C=O) groups is 1. The molecule has 0 atom stereocenters. The summed E-state index contributed by atoms with van der Waals surface area (Å²) >= 11 is 1.39. The number of hydrogen-bond acceptors (Lipinski definition) is 5. The molecule has 1 saturated heterocycles. The van der Waals surface area contributed by atoms with Crippen LogP contribution in [0, 0.1) is 6.92 Å². The van der Waals surface area contributed by atoms with Gasteiger partial charge in [0.15, 0.2) is 9.84 Å². The van der Waals surface area contributed by atoms with E-state index in [2.05, 4.69) is 4.98 Å². The van der Waals surface area contributed by atoms with Crippen molar-refractivity contribution in [1.82, 2.24) is 9.88 Å². The Balaban J connectivity index is 2.17. The van der Waals surface area contributed by atoms with Gasteiger partial charge >= 0.3 is 0 Å². The van der Waals surface area contributed by atoms with Gasteiger partial charge < -0.3 is 4.90 Å². The van der Waals surface area contributed by atoms with Gasteiger partial charge in [-0.15, -0.1) is 11.3 Å². The van der Waals surface area contributed by atoms with Crippen LogP contribution < -0.4 is 0 Å². The minimum atomic E-state index is -2.95. The maximum absolute atomic E-state index is 12.3. The van der Waals surface area contributed by atoms with Crippen LogP contribution in [0.1, 0.15) is 27.3 Å². The average molecular weight is 288 g/mol. The fraction of sp³-hybridized carbons (Fsp3) is 0.636. The van der Waals surface area contributed by atoms with Gasteiger partial charge in [0.25, 0.3) is 5.91 Å². The fourth-order valence-electron chi connectivity index (χ4n) is 1.94. The van der Waals surface area contributed by atoms with Crippen molar-refractivity contribution >= 4 is 27.1 Å². The Bertz CT molecular complexity index is 549. The molecule has 0 saturated carbocycles. The third-order valence-corrected chi connectivity index (χ3v) is 5.58. The number of sulfone groups is 1. The van der Waals surface area contributed by atoms with Crippen LogP contribution in [-0.4, -0.2) is 48.8 Å². The Kier molecular flexibility index (Phi) is 3.72. The molecule has 0 N–H and O–H groups in total. The number of aryl methyl sites for hydroxylation is 2. The first kappa shape index (κ1) is 13.5. The smallest absolute Gasteiger partial charge is 0.265 e. The van der Waals surface area contributed by atoms with Gasteiger partial charge in [-0.2, -0.15) is 0 Å². The highest BCUT2D eigenvalue weighted by Crippen LogP contribution is 2.21. The van der Waals surface area contributed by atoms with Gasteiger partial charge in [-0.1, -0.05) is 6.92 Å². The van der Waals surface area contributed by atoms with E-state index in [4.69, 9.17) is 0 Å². The van der Waals surface area contributed by atoms with Gasteiger partial charge in [0.2, 0.25) is 0 Å². The number of rotatable bonds is 2. The summed E-state index contributed by atoms with van der Waals surface area (Å²) < 4.78 is 22.7. The van der Waals surface area contributed by atoms with Gasteiger partial charge in [0.05, 0.1) is 22.2 Å². The lowest BCUT2D eigenvalue weighted by Gasteiger charge is -2.26. The van der Waals surface area contributed by atoms with Crippen LogP contribution in [0.5, 0.6) is 0 Å². The zero-order valence-electron chi connectivity index (χ0n) is 10.5. The topological polar surface area (TPSA) is 67.3 Å². The van der Waals surface area contributed by atoms with Crippen LogP contribution in [0.25, 0.3) is 0 Å². The third kappa shape index (κ3) is 2.72. The largest absolute Gasteiger partial charge is 0.336 e. The lowest BCUT2D eigenvalue weighted by molar-refractivity contribution is 0.0774. The molecule has 0 spiro atoms. The molecule has 100 valence electrons. The number of thiazole rings is 1. The summed E-state index contributed by atoms with van der Waals surface area (Å²) in [6.07, 6.45) is 0.720. The Labute approximate surface area is 111 Å². The highest BCUT2D eigenvalue weighted by Gasteiger charge is 2.28. The number of amides is 1. The molecule has 1 aliphatic heterocycles. The van der Waals surface area contributed by atoms with Gasteiger partial charge in [-0.3, -0.25) is 4.79 Å². The van der Waals surface area contributed by atoms with Crippen molar-refractivity contribution in [3.05, 3.63) is 15.6 Å². The summed E-state index contributed by atoms with van der Waals surface area (Å²) in [7, 11) is -2.95. The molecule has 0 aromatic carbocycles. The minimum absolute atomic E-state index is 0.0674. The Morgan fingerprint density at radius 2 is 2.00 bits per heavy atom. The van der Waals surface area contributed by atoms with Crippen molar-refractivity contribution in [3.8, 4) is 0 Å². The van der Waals surface area contributed by atoms with Gasteiger partial charge in [0.1, 0.15) is 4.88 Å². The molecule has 7 heteroatoms. The molecule has 2 heterocycles. The van der Waals surface area contributed by atoms with E-state index in [1.54, 1.807) is 4.90 Å². The van der Waals surface area contributed by atoms with Gasteiger partial charge in [-0.25, -0.2) is 13.4 Å². The number of nitrogens with zero attached hydrogens (tertiary/aromatic N) is 2. The van der Waals surface area contributed by atoms with E-state index in [0.717, 1.165) is 17.1 Å². The third-order valence-electron chi connectivity index (χ3n) is 2.97. The second-order valence-corrected chi connectivity index (χ2v) is 7.81. The molecular weight excluding hydrogens is 272 g/mol. The summed E-state index contributed by atoms with van der Waals surface area (Å²) in [5.74, 6) is 0.0584. The van der Waals surface area contributed by atoms with Crippen molar-refractivity contribution in [2.24, 2.45) is 0 Å². The molecule has 1 aromatic heterocycles. The SMILES string of the molecule is CCc1nc(C)sc1C(=O)N1CCS(=O)(=O)CC1. The first-order chi connectivity index (χ1) is 8.43. The van der Waals surface area contributed by atoms with E-state index >= 15 is 0 Å². The van der Waals surface area contributed by atoms with Gasteiger partial charge in [0, 0.05) is 13.1 Å². The second-order valence-electron chi connectivity index (χ2n) is 4.31. The van der Waals surface area contributed by atoms with Crippen LogP contribution in [0.15, 0.2) is 0 Å². The summed E-state index contributed by atoms with van der Waals surface area (Å²) in [5.41, 5.74) is 0.816. The van der Waals surface area contributed by atoms with E-state index in [9.17, 15) is 13.2 Å². The van der Waals surface area contributed by atoms with Crippen molar-refractivity contribution in [1.29, 1.82) is 0 Å². The highest BCUT2D eigenvalue weighted by atomic mass is 32.2. The van der Waals surface area contributed by atoms with E-state index < -0.39 is 9.84 Å². The molecule has 2 rings (SSSR count). The van der Waals surface area contributed by atoms with E-state index in [1.165, 1.54) is 11.3 Å².